The van der Waals surface area contributed by atoms with Crippen LogP contribution in [-0.4, -0.2) is 39.4 Å². The molecule has 1 aromatic carbocycles. The lowest BCUT2D eigenvalue weighted by Gasteiger charge is -2.39. The van der Waals surface area contributed by atoms with E-state index in [-0.39, 0.29) is 5.91 Å². The molecule has 39 heavy (non-hydrogen) atoms. The summed E-state index contributed by atoms with van der Waals surface area (Å²) in [5.41, 5.74) is 11.1. The molecule has 6 nitrogen and oxygen atoms in total. The molecule has 2 saturated carbocycles. The van der Waals surface area contributed by atoms with E-state index in [0.29, 0.717) is 49.0 Å². The largest absolute Gasteiger partial charge is 0.377 e. The van der Waals surface area contributed by atoms with Gasteiger partial charge in [0.05, 0.1) is 5.69 Å². The van der Waals surface area contributed by atoms with Gasteiger partial charge < -0.3 is 9.64 Å². The normalized spacial score (nSPS) is 22.0. The third-order valence-electron chi connectivity index (χ3n) is 9.48. The zero-order valence-electron chi connectivity index (χ0n) is 22.9. The van der Waals surface area contributed by atoms with Gasteiger partial charge >= 0.3 is 0 Å². The lowest BCUT2D eigenvalue weighted by Crippen LogP contribution is -2.37. The summed E-state index contributed by atoms with van der Waals surface area (Å²) in [6.07, 6.45) is 14.7. The van der Waals surface area contributed by atoms with Crippen molar-refractivity contribution in [2.24, 2.45) is 5.92 Å². The van der Waals surface area contributed by atoms with Crippen molar-refractivity contribution in [1.29, 1.82) is 0 Å². The van der Waals surface area contributed by atoms with E-state index in [9.17, 15) is 4.79 Å². The number of ether oxygens (including phenoxy) is 1. The summed E-state index contributed by atoms with van der Waals surface area (Å²) in [5.74, 6) is 2.36. The van der Waals surface area contributed by atoms with Gasteiger partial charge in [0.15, 0.2) is 5.82 Å². The molecule has 2 aromatic heterocycles. The van der Waals surface area contributed by atoms with Crippen molar-refractivity contribution < 1.29 is 9.53 Å². The Morgan fingerprint density at radius 2 is 1.95 bits per heavy atom. The van der Waals surface area contributed by atoms with Crippen molar-refractivity contribution in [2.75, 3.05) is 13.7 Å². The molecule has 2 fully saturated rings. The van der Waals surface area contributed by atoms with Gasteiger partial charge in [0.2, 0.25) is 0 Å². The number of hydrogen-bond acceptors (Lipinski definition) is 5. The predicted octanol–water partition coefficient (Wildman–Crippen LogP) is 6.45. The first-order chi connectivity index (χ1) is 19.1. The summed E-state index contributed by atoms with van der Waals surface area (Å²) < 4.78 is 5.17. The summed E-state index contributed by atoms with van der Waals surface area (Å²) in [7, 11) is 1.61. The van der Waals surface area contributed by atoms with E-state index in [1.807, 2.05) is 4.90 Å². The number of aromatic nitrogens is 3. The maximum Gasteiger partial charge on any atom is 0.272 e. The zero-order valence-corrected chi connectivity index (χ0v) is 22.9. The Balaban J connectivity index is 1.23. The number of nitrogens with zero attached hydrogens (tertiary/aromatic N) is 4. The fraction of sp³-hybridized carbons (Fsp3) is 0.455. The second kappa shape index (κ2) is 9.98. The van der Waals surface area contributed by atoms with Crippen molar-refractivity contribution in [3.8, 4) is 11.1 Å². The maximum atomic E-state index is 13.5. The van der Waals surface area contributed by atoms with Gasteiger partial charge in [0.1, 0.15) is 12.3 Å². The van der Waals surface area contributed by atoms with Crippen molar-refractivity contribution in [3.05, 3.63) is 82.2 Å². The van der Waals surface area contributed by atoms with Crippen LogP contribution in [0.4, 0.5) is 0 Å². The van der Waals surface area contributed by atoms with Crippen LogP contribution in [0.2, 0.25) is 0 Å². The average molecular weight is 521 g/mol. The van der Waals surface area contributed by atoms with Gasteiger partial charge in [-0.3, -0.25) is 9.78 Å². The van der Waals surface area contributed by atoms with Gasteiger partial charge in [-0.25, -0.2) is 9.97 Å². The van der Waals surface area contributed by atoms with E-state index in [2.05, 4.69) is 47.4 Å². The summed E-state index contributed by atoms with van der Waals surface area (Å²) in [6, 6.07) is 8.88. The third-order valence-corrected chi connectivity index (χ3v) is 9.48. The van der Waals surface area contributed by atoms with E-state index < -0.39 is 0 Å². The monoisotopic (exact) mass is 520 g/mol. The molecule has 0 N–H and O–H groups in total. The molecule has 4 aliphatic rings. The van der Waals surface area contributed by atoms with Gasteiger partial charge in [-0.1, -0.05) is 31.1 Å². The Morgan fingerprint density at radius 3 is 2.74 bits per heavy atom. The van der Waals surface area contributed by atoms with Crippen LogP contribution in [0.5, 0.6) is 0 Å². The molecule has 6 heteroatoms. The van der Waals surface area contributed by atoms with Crippen LogP contribution in [0, 0.1) is 5.92 Å². The zero-order chi connectivity index (χ0) is 26.5. The van der Waals surface area contributed by atoms with Crippen molar-refractivity contribution in [3.63, 3.8) is 0 Å². The Hall–Kier alpha value is -3.38. The second-order valence-corrected chi connectivity index (χ2v) is 11.8. The highest BCUT2D eigenvalue weighted by atomic mass is 16.5. The molecule has 3 aliphatic carbocycles. The van der Waals surface area contributed by atoms with E-state index in [1.165, 1.54) is 83.2 Å². The van der Waals surface area contributed by atoms with Crippen LogP contribution in [0.15, 0.2) is 42.7 Å². The molecule has 2 unspecified atom stereocenters. The van der Waals surface area contributed by atoms with Gasteiger partial charge in [-0.2, -0.15) is 0 Å². The number of allylic oxidation sites excluding steroid dienone is 2. The molecule has 0 spiro atoms. The lowest BCUT2D eigenvalue weighted by atomic mass is 9.66. The summed E-state index contributed by atoms with van der Waals surface area (Å²) in [5, 5.41) is 0. The van der Waals surface area contributed by atoms with Crippen molar-refractivity contribution in [1.82, 2.24) is 19.9 Å². The van der Waals surface area contributed by atoms with E-state index >= 15 is 0 Å². The molecule has 1 aliphatic heterocycles. The number of methoxy groups -OCH3 is 1. The topological polar surface area (TPSA) is 68.2 Å². The van der Waals surface area contributed by atoms with Crippen LogP contribution in [0.25, 0.3) is 16.7 Å². The van der Waals surface area contributed by atoms with Crippen LogP contribution >= 0.6 is 0 Å². The quantitative estimate of drug-likeness (QED) is 0.387. The number of amides is 1. The minimum Gasteiger partial charge on any atom is -0.377 e. The molecule has 7 rings (SSSR count). The fourth-order valence-corrected chi connectivity index (χ4v) is 7.24. The first kappa shape index (κ1) is 24.6. The fourth-order valence-electron chi connectivity index (χ4n) is 7.24. The lowest BCUT2D eigenvalue weighted by molar-refractivity contribution is 0.0726. The van der Waals surface area contributed by atoms with Gasteiger partial charge in [0, 0.05) is 44.1 Å². The predicted molar refractivity (Wildman–Crippen MR) is 151 cm³/mol. The number of fused-ring (bicyclic) bond motifs is 4. The average Bonchev–Trinajstić information content (AvgIpc) is 3.49. The smallest absolute Gasteiger partial charge is 0.272 e. The molecular weight excluding hydrogens is 484 g/mol. The minimum atomic E-state index is -0.0303. The van der Waals surface area contributed by atoms with Gasteiger partial charge in [-0.15, -0.1) is 0 Å². The Morgan fingerprint density at radius 1 is 1.08 bits per heavy atom. The third kappa shape index (κ3) is 4.39. The second-order valence-electron chi connectivity index (χ2n) is 11.8. The first-order valence-corrected chi connectivity index (χ1v) is 14.5. The number of pyridine rings is 1. The Labute approximate surface area is 230 Å². The standard InChI is InChI=1S/C33H36N4O2/c1-20-13-22-7-8-26(22)32-27(20)16-25(17-35-32)24-14-23-10-12-37(18-29(23)28(15-24)21-5-3-4-6-21)33(38)30-9-11-34-31(36-30)19-39-2/h9,11,13-17,21-22,26H,3-8,10,12,18-19H2,1-2H3. The molecule has 0 radical (unpaired) electrons. The molecule has 2 atom stereocenters. The van der Waals surface area contributed by atoms with E-state index in [4.69, 9.17) is 9.72 Å². The molecule has 200 valence electrons. The minimum absolute atomic E-state index is 0.0303. The highest BCUT2D eigenvalue weighted by Crippen LogP contribution is 2.50. The van der Waals surface area contributed by atoms with Crippen molar-refractivity contribution >= 4 is 11.5 Å². The molecule has 3 heterocycles. The molecular formula is C33H36N4O2. The van der Waals surface area contributed by atoms with Crippen LogP contribution in [-0.2, 0) is 24.3 Å². The Bertz CT molecular complexity index is 1470. The Kier molecular flexibility index (Phi) is 6.31. The van der Waals surface area contributed by atoms with Crippen LogP contribution in [0.3, 0.4) is 0 Å². The van der Waals surface area contributed by atoms with Crippen LogP contribution in [0.1, 0.15) is 102 Å². The van der Waals surface area contributed by atoms with E-state index in [1.54, 1.807) is 19.4 Å². The number of benzene rings is 1. The molecule has 0 saturated heterocycles. The highest BCUT2D eigenvalue weighted by molar-refractivity contribution is 5.92. The van der Waals surface area contributed by atoms with E-state index in [0.717, 1.165) is 6.42 Å². The molecule has 3 aromatic rings. The van der Waals surface area contributed by atoms with Crippen molar-refractivity contribution in [2.45, 2.75) is 76.9 Å². The summed E-state index contributed by atoms with van der Waals surface area (Å²) in [6.45, 7) is 3.87. The summed E-state index contributed by atoms with van der Waals surface area (Å²) in [4.78, 5) is 29.2. The number of carbonyl (C=O) groups is 1. The molecule has 1 amide bonds. The summed E-state index contributed by atoms with van der Waals surface area (Å²) >= 11 is 0. The number of carbonyl (C=O) groups excluding carboxylic acids is 1. The van der Waals surface area contributed by atoms with Gasteiger partial charge in [-0.05, 0) is 96.4 Å². The SMILES string of the molecule is COCc1nccc(C(=O)N2CCc3cc(-c4cnc5c(c4)C(C)=CC4CCC54)cc(C4CCCC4)c3C2)n1. The van der Waals surface area contributed by atoms with Gasteiger partial charge in [0.25, 0.3) is 5.91 Å². The van der Waals surface area contributed by atoms with Crippen LogP contribution < -0.4 is 0 Å². The maximum absolute atomic E-state index is 13.5. The number of rotatable bonds is 5. The molecule has 0 bridgehead atoms. The first-order valence-electron chi connectivity index (χ1n) is 14.5. The highest BCUT2D eigenvalue weighted by Gasteiger charge is 2.37. The number of hydrogen-bond donors (Lipinski definition) is 0.